The standard InChI is InChI=1S/C10H13NO4/c12-6-10(2-3-10)11-5-7-1-4-15-8(7)9(13)14/h1,4,11-12H,2-3,5-6H2,(H,13,14). The molecule has 0 amide bonds. The van der Waals surface area contributed by atoms with Crippen molar-refractivity contribution in [3.05, 3.63) is 23.7 Å². The molecule has 1 aromatic rings. The first-order valence-corrected chi connectivity index (χ1v) is 4.82. The largest absolute Gasteiger partial charge is 0.475 e. The highest BCUT2D eigenvalue weighted by atomic mass is 16.4. The predicted molar refractivity (Wildman–Crippen MR) is 51.6 cm³/mol. The number of aliphatic hydroxyl groups is 1. The fraction of sp³-hybridized carbons (Fsp3) is 0.500. The van der Waals surface area contributed by atoms with E-state index in [4.69, 9.17) is 14.6 Å². The van der Waals surface area contributed by atoms with E-state index in [9.17, 15) is 4.79 Å². The van der Waals surface area contributed by atoms with Crippen molar-refractivity contribution in [2.24, 2.45) is 0 Å². The second kappa shape index (κ2) is 3.67. The molecule has 1 saturated carbocycles. The van der Waals surface area contributed by atoms with E-state index >= 15 is 0 Å². The number of hydrogen-bond acceptors (Lipinski definition) is 4. The summed E-state index contributed by atoms with van der Waals surface area (Å²) >= 11 is 0. The van der Waals surface area contributed by atoms with Crippen LogP contribution in [-0.2, 0) is 6.54 Å². The van der Waals surface area contributed by atoms with Gasteiger partial charge in [0.2, 0.25) is 5.76 Å². The summed E-state index contributed by atoms with van der Waals surface area (Å²) in [7, 11) is 0. The molecule has 1 aliphatic carbocycles. The van der Waals surface area contributed by atoms with E-state index in [-0.39, 0.29) is 17.9 Å². The lowest BCUT2D eigenvalue weighted by Gasteiger charge is -2.13. The van der Waals surface area contributed by atoms with Crippen molar-refractivity contribution in [3.63, 3.8) is 0 Å². The van der Waals surface area contributed by atoms with E-state index in [0.717, 1.165) is 12.8 Å². The molecule has 2 rings (SSSR count). The van der Waals surface area contributed by atoms with Gasteiger partial charge < -0.3 is 19.9 Å². The van der Waals surface area contributed by atoms with Gasteiger partial charge in [-0.15, -0.1) is 0 Å². The minimum Gasteiger partial charge on any atom is -0.475 e. The first-order valence-electron chi connectivity index (χ1n) is 4.82. The van der Waals surface area contributed by atoms with Gasteiger partial charge in [0.05, 0.1) is 12.9 Å². The topological polar surface area (TPSA) is 82.7 Å². The Morgan fingerprint density at radius 1 is 1.60 bits per heavy atom. The van der Waals surface area contributed by atoms with Gasteiger partial charge in [-0.25, -0.2) is 4.79 Å². The fourth-order valence-electron chi connectivity index (χ4n) is 1.49. The minimum absolute atomic E-state index is 0.0313. The summed E-state index contributed by atoms with van der Waals surface area (Å²) in [6, 6.07) is 1.63. The van der Waals surface area contributed by atoms with Crippen LogP contribution in [0.2, 0.25) is 0 Å². The maximum Gasteiger partial charge on any atom is 0.372 e. The molecule has 5 heteroatoms. The number of carbonyl (C=O) groups is 1. The Kier molecular flexibility index (Phi) is 2.50. The first kappa shape index (κ1) is 10.2. The molecule has 1 heterocycles. The molecule has 0 spiro atoms. The van der Waals surface area contributed by atoms with Crippen LogP contribution in [0.25, 0.3) is 0 Å². The number of hydrogen-bond donors (Lipinski definition) is 3. The summed E-state index contributed by atoms with van der Waals surface area (Å²) in [6.45, 7) is 0.506. The molecule has 15 heavy (non-hydrogen) atoms. The van der Waals surface area contributed by atoms with Gasteiger partial charge in [0, 0.05) is 17.6 Å². The highest BCUT2D eigenvalue weighted by Crippen LogP contribution is 2.34. The van der Waals surface area contributed by atoms with Crippen LogP contribution in [0.15, 0.2) is 16.7 Å². The van der Waals surface area contributed by atoms with Crippen LogP contribution in [0, 0.1) is 0 Å². The number of nitrogens with one attached hydrogen (secondary N) is 1. The Balaban J connectivity index is 1.99. The van der Waals surface area contributed by atoms with Crippen LogP contribution < -0.4 is 5.32 Å². The van der Waals surface area contributed by atoms with E-state index in [1.54, 1.807) is 6.07 Å². The summed E-state index contributed by atoms with van der Waals surface area (Å²) in [4.78, 5) is 10.7. The van der Waals surface area contributed by atoms with Crippen molar-refractivity contribution in [1.82, 2.24) is 5.32 Å². The van der Waals surface area contributed by atoms with Gasteiger partial charge in [0.1, 0.15) is 0 Å². The molecule has 0 bridgehead atoms. The lowest BCUT2D eigenvalue weighted by molar-refractivity contribution is 0.0660. The third kappa shape index (κ3) is 2.03. The van der Waals surface area contributed by atoms with Gasteiger partial charge in [0.25, 0.3) is 0 Å². The maximum absolute atomic E-state index is 10.7. The molecule has 82 valence electrons. The molecule has 0 aliphatic heterocycles. The molecule has 1 fully saturated rings. The van der Waals surface area contributed by atoms with Crippen LogP contribution in [0.5, 0.6) is 0 Å². The summed E-state index contributed by atoms with van der Waals surface area (Å²) in [6.07, 6.45) is 3.23. The van der Waals surface area contributed by atoms with Crippen molar-refractivity contribution in [3.8, 4) is 0 Å². The average Bonchev–Trinajstić information content (AvgIpc) is 2.84. The van der Waals surface area contributed by atoms with Crippen LogP contribution in [-0.4, -0.2) is 28.3 Å². The highest BCUT2D eigenvalue weighted by Gasteiger charge is 2.41. The van der Waals surface area contributed by atoms with E-state index in [1.165, 1.54) is 6.26 Å². The quantitative estimate of drug-likeness (QED) is 0.664. The molecular formula is C10H13NO4. The number of rotatable bonds is 5. The lowest BCUT2D eigenvalue weighted by atomic mass is 10.2. The van der Waals surface area contributed by atoms with Crippen molar-refractivity contribution >= 4 is 5.97 Å². The molecule has 0 radical (unpaired) electrons. The van der Waals surface area contributed by atoms with Crippen LogP contribution in [0.4, 0.5) is 0 Å². The van der Waals surface area contributed by atoms with Gasteiger partial charge in [0.15, 0.2) is 0 Å². The van der Waals surface area contributed by atoms with Crippen molar-refractivity contribution < 1.29 is 19.4 Å². The van der Waals surface area contributed by atoms with Gasteiger partial charge in [-0.2, -0.15) is 0 Å². The Bertz CT molecular complexity index is 367. The zero-order valence-corrected chi connectivity index (χ0v) is 8.19. The van der Waals surface area contributed by atoms with Crippen molar-refractivity contribution in [2.45, 2.75) is 24.9 Å². The average molecular weight is 211 g/mol. The third-order valence-electron chi connectivity index (χ3n) is 2.75. The third-order valence-corrected chi connectivity index (χ3v) is 2.75. The smallest absolute Gasteiger partial charge is 0.372 e. The fourth-order valence-corrected chi connectivity index (χ4v) is 1.49. The minimum atomic E-state index is -1.06. The number of carboxylic acid groups (broad SMARTS) is 1. The zero-order valence-electron chi connectivity index (χ0n) is 8.19. The molecule has 0 aromatic carbocycles. The molecule has 1 aromatic heterocycles. The normalized spacial score (nSPS) is 17.7. The van der Waals surface area contributed by atoms with E-state index in [0.29, 0.717) is 12.1 Å². The summed E-state index contributed by atoms with van der Waals surface area (Å²) < 4.78 is 4.84. The number of furan rings is 1. The zero-order chi connectivity index (χ0) is 10.9. The number of carboxylic acids is 1. The van der Waals surface area contributed by atoms with Crippen molar-refractivity contribution in [1.29, 1.82) is 0 Å². The Morgan fingerprint density at radius 2 is 2.33 bits per heavy atom. The molecule has 0 saturated heterocycles. The monoisotopic (exact) mass is 211 g/mol. The highest BCUT2D eigenvalue weighted by molar-refractivity contribution is 5.86. The number of aromatic carboxylic acids is 1. The predicted octanol–water partition coefficient (Wildman–Crippen LogP) is 0.592. The van der Waals surface area contributed by atoms with Gasteiger partial charge in [-0.1, -0.05) is 0 Å². The van der Waals surface area contributed by atoms with Crippen LogP contribution in [0.3, 0.4) is 0 Å². The van der Waals surface area contributed by atoms with E-state index in [1.807, 2.05) is 0 Å². The van der Waals surface area contributed by atoms with E-state index < -0.39 is 5.97 Å². The molecule has 3 N–H and O–H groups in total. The molecular weight excluding hydrogens is 198 g/mol. The second-order valence-corrected chi connectivity index (χ2v) is 3.87. The Hall–Kier alpha value is -1.33. The van der Waals surface area contributed by atoms with Crippen LogP contribution in [0.1, 0.15) is 29.0 Å². The summed E-state index contributed by atoms with van der Waals surface area (Å²) in [5, 5.41) is 21.0. The van der Waals surface area contributed by atoms with Gasteiger partial charge in [-0.3, -0.25) is 0 Å². The first-order chi connectivity index (χ1) is 7.17. The molecule has 1 aliphatic rings. The van der Waals surface area contributed by atoms with Crippen molar-refractivity contribution in [2.75, 3.05) is 6.61 Å². The Labute approximate surface area is 86.7 Å². The number of aliphatic hydroxyl groups excluding tert-OH is 1. The van der Waals surface area contributed by atoms with Gasteiger partial charge in [-0.05, 0) is 18.9 Å². The second-order valence-electron chi connectivity index (χ2n) is 3.87. The Morgan fingerprint density at radius 3 is 2.87 bits per heavy atom. The van der Waals surface area contributed by atoms with Crippen LogP contribution >= 0.6 is 0 Å². The maximum atomic E-state index is 10.7. The molecule has 0 unspecified atom stereocenters. The SMILES string of the molecule is O=C(O)c1occc1CNC1(CO)CC1. The van der Waals surface area contributed by atoms with E-state index in [2.05, 4.69) is 5.32 Å². The summed E-state index contributed by atoms with van der Waals surface area (Å²) in [5.74, 6) is -1.10. The summed E-state index contributed by atoms with van der Waals surface area (Å²) in [5.41, 5.74) is 0.426. The molecule has 0 atom stereocenters. The molecule has 5 nitrogen and oxygen atoms in total. The van der Waals surface area contributed by atoms with Gasteiger partial charge >= 0.3 is 5.97 Å². The lowest BCUT2D eigenvalue weighted by Crippen LogP contribution is -2.34.